The Morgan fingerprint density at radius 2 is 2.12 bits per heavy atom. The fourth-order valence-corrected chi connectivity index (χ4v) is 2.84. The Balaban J connectivity index is 1.71. The van der Waals surface area contributed by atoms with E-state index in [9.17, 15) is 4.79 Å². The molecular formula is C19H22N4O. The molecule has 0 saturated heterocycles. The van der Waals surface area contributed by atoms with Gasteiger partial charge in [0.05, 0.1) is 23.4 Å². The molecule has 0 fully saturated rings. The zero-order chi connectivity index (χ0) is 16.8. The van der Waals surface area contributed by atoms with Gasteiger partial charge in [-0.1, -0.05) is 38.0 Å². The highest BCUT2D eigenvalue weighted by Gasteiger charge is 2.15. The van der Waals surface area contributed by atoms with E-state index in [2.05, 4.69) is 22.2 Å². The zero-order valence-corrected chi connectivity index (χ0v) is 13.9. The van der Waals surface area contributed by atoms with Crippen molar-refractivity contribution >= 4 is 16.9 Å². The van der Waals surface area contributed by atoms with E-state index >= 15 is 0 Å². The maximum atomic E-state index is 12.5. The monoisotopic (exact) mass is 322 g/mol. The Labute approximate surface area is 141 Å². The molecule has 0 saturated carbocycles. The minimum absolute atomic E-state index is 0.000866. The van der Waals surface area contributed by atoms with Crippen molar-refractivity contribution in [3.05, 3.63) is 60.7 Å². The van der Waals surface area contributed by atoms with Crippen LogP contribution in [0.2, 0.25) is 0 Å². The maximum Gasteiger partial charge on any atom is 0.240 e. The Morgan fingerprint density at radius 1 is 1.25 bits per heavy atom. The van der Waals surface area contributed by atoms with Crippen LogP contribution in [-0.4, -0.2) is 20.4 Å². The molecule has 1 amide bonds. The Kier molecular flexibility index (Phi) is 5.21. The molecule has 2 aromatic heterocycles. The van der Waals surface area contributed by atoms with Crippen molar-refractivity contribution in [2.75, 3.05) is 0 Å². The van der Waals surface area contributed by atoms with Gasteiger partial charge in [0.25, 0.3) is 0 Å². The van der Waals surface area contributed by atoms with Crippen LogP contribution in [0.15, 0.2) is 55.1 Å². The molecule has 1 N–H and O–H groups in total. The van der Waals surface area contributed by atoms with E-state index in [1.165, 1.54) is 0 Å². The van der Waals surface area contributed by atoms with E-state index < -0.39 is 0 Å². The van der Waals surface area contributed by atoms with Crippen LogP contribution < -0.4 is 5.32 Å². The first-order valence-electron chi connectivity index (χ1n) is 8.37. The highest BCUT2D eigenvalue weighted by atomic mass is 16.2. The van der Waals surface area contributed by atoms with Gasteiger partial charge in [-0.2, -0.15) is 0 Å². The molecule has 0 unspecified atom stereocenters. The van der Waals surface area contributed by atoms with Crippen LogP contribution in [-0.2, 0) is 11.3 Å². The number of rotatable bonds is 7. The maximum absolute atomic E-state index is 12.5. The van der Waals surface area contributed by atoms with Crippen molar-refractivity contribution in [1.82, 2.24) is 19.9 Å². The van der Waals surface area contributed by atoms with E-state index in [-0.39, 0.29) is 18.5 Å². The number of carbonyl (C=O) groups excluding carboxylic acids is 1. The summed E-state index contributed by atoms with van der Waals surface area (Å²) in [5.41, 5.74) is 2.93. The molecule has 0 aliphatic heterocycles. The van der Waals surface area contributed by atoms with Crippen molar-refractivity contribution < 1.29 is 4.79 Å². The van der Waals surface area contributed by atoms with Crippen LogP contribution in [0.1, 0.15) is 37.8 Å². The second-order valence-electron chi connectivity index (χ2n) is 5.91. The summed E-state index contributed by atoms with van der Waals surface area (Å²) in [5, 5.41) is 3.14. The van der Waals surface area contributed by atoms with E-state index in [0.717, 1.165) is 35.9 Å². The van der Waals surface area contributed by atoms with Crippen LogP contribution in [0.5, 0.6) is 0 Å². The summed E-state index contributed by atoms with van der Waals surface area (Å²) >= 11 is 0. The first-order valence-corrected chi connectivity index (χ1v) is 8.37. The lowest BCUT2D eigenvalue weighted by Gasteiger charge is -2.19. The number of nitrogens with zero attached hydrogens (tertiary/aromatic N) is 3. The highest BCUT2D eigenvalue weighted by Crippen LogP contribution is 2.19. The molecule has 124 valence electrons. The summed E-state index contributed by atoms with van der Waals surface area (Å²) in [4.78, 5) is 21.0. The fourth-order valence-electron chi connectivity index (χ4n) is 2.84. The lowest BCUT2D eigenvalue weighted by atomic mass is 10.0. The number of aromatic nitrogens is 3. The van der Waals surface area contributed by atoms with Gasteiger partial charge in [0, 0.05) is 12.4 Å². The van der Waals surface area contributed by atoms with E-state index in [0.29, 0.717) is 0 Å². The van der Waals surface area contributed by atoms with E-state index in [1.54, 1.807) is 12.5 Å². The number of fused-ring (bicyclic) bond motifs is 1. The molecule has 5 heteroatoms. The van der Waals surface area contributed by atoms with Crippen molar-refractivity contribution in [2.24, 2.45) is 0 Å². The third kappa shape index (κ3) is 3.79. The number of amides is 1. The molecule has 0 aliphatic rings. The minimum Gasteiger partial charge on any atom is -0.348 e. The molecule has 1 aromatic carbocycles. The predicted molar refractivity (Wildman–Crippen MR) is 94.4 cm³/mol. The van der Waals surface area contributed by atoms with Crippen molar-refractivity contribution in [1.29, 1.82) is 0 Å². The molecule has 0 bridgehead atoms. The first-order chi connectivity index (χ1) is 11.8. The van der Waals surface area contributed by atoms with E-state index in [4.69, 9.17) is 0 Å². The van der Waals surface area contributed by atoms with Gasteiger partial charge >= 0.3 is 0 Å². The van der Waals surface area contributed by atoms with Gasteiger partial charge in [0.15, 0.2) is 0 Å². The topological polar surface area (TPSA) is 59.8 Å². The molecule has 3 aromatic rings. The molecule has 24 heavy (non-hydrogen) atoms. The SMILES string of the molecule is CCCC[C@@H](NC(=O)Cn1cnc2ccccc21)c1cccnc1. The summed E-state index contributed by atoms with van der Waals surface area (Å²) < 4.78 is 1.88. The van der Waals surface area contributed by atoms with Crippen LogP contribution in [0.25, 0.3) is 11.0 Å². The van der Waals surface area contributed by atoms with Crippen LogP contribution in [0.3, 0.4) is 0 Å². The van der Waals surface area contributed by atoms with Crippen LogP contribution >= 0.6 is 0 Å². The second-order valence-corrected chi connectivity index (χ2v) is 5.91. The normalized spacial score (nSPS) is 12.2. The molecule has 5 nitrogen and oxygen atoms in total. The Hall–Kier alpha value is -2.69. The number of imidazole rings is 1. The van der Waals surface area contributed by atoms with Gasteiger partial charge < -0.3 is 9.88 Å². The number of hydrogen-bond acceptors (Lipinski definition) is 3. The lowest BCUT2D eigenvalue weighted by molar-refractivity contribution is -0.122. The first kappa shape index (κ1) is 16.2. The lowest BCUT2D eigenvalue weighted by Crippen LogP contribution is -2.31. The molecule has 0 spiro atoms. The third-order valence-electron chi connectivity index (χ3n) is 4.11. The van der Waals surface area contributed by atoms with Gasteiger partial charge in [-0.15, -0.1) is 0 Å². The van der Waals surface area contributed by atoms with Gasteiger partial charge in [-0.05, 0) is 30.2 Å². The summed E-state index contributed by atoms with van der Waals surface area (Å²) in [6.07, 6.45) is 8.37. The number of pyridine rings is 1. The molecule has 3 rings (SSSR count). The zero-order valence-electron chi connectivity index (χ0n) is 13.9. The third-order valence-corrected chi connectivity index (χ3v) is 4.11. The summed E-state index contributed by atoms with van der Waals surface area (Å²) in [7, 11) is 0. The van der Waals surface area contributed by atoms with Gasteiger partial charge in [0.2, 0.25) is 5.91 Å². The molecule has 1 atom stereocenters. The number of para-hydroxylation sites is 2. The Morgan fingerprint density at radius 3 is 2.92 bits per heavy atom. The van der Waals surface area contributed by atoms with E-state index in [1.807, 2.05) is 47.2 Å². The summed E-state index contributed by atoms with van der Waals surface area (Å²) in [5.74, 6) is -0.0110. The Bertz CT molecular complexity index is 797. The second kappa shape index (κ2) is 7.73. The molecule has 0 radical (unpaired) electrons. The highest BCUT2D eigenvalue weighted by molar-refractivity contribution is 5.80. The largest absolute Gasteiger partial charge is 0.348 e. The fraction of sp³-hybridized carbons (Fsp3) is 0.316. The van der Waals surface area contributed by atoms with Crippen LogP contribution in [0.4, 0.5) is 0 Å². The number of unbranched alkanes of at least 4 members (excludes halogenated alkanes) is 1. The molecule has 0 aliphatic carbocycles. The van der Waals surface area contributed by atoms with Gasteiger partial charge in [0.1, 0.15) is 6.54 Å². The van der Waals surface area contributed by atoms with Crippen molar-refractivity contribution in [2.45, 2.75) is 38.8 Å². The van der Waals surface area contributed by atoms with Gasteiger partial charge in [-0.3, -0.25) is 9.78 Å². The average Bonchev–Trinajstić information content (AvgIpc) is 3.02. The number of benzene rings is 1. The average molecular weight is 322 g/mol. The van der Waals surface area contributed by atoms with Crippen molar-refractivity contribution in [3.8, 4) is 0 Å². The molecular weight excluding hydrogens is 300 g/mol. The summed E-state index contributed by atoms with van der Waals surface area (Å²) in [6.45, 7) is 2.42. The smallest absolute Gasteiger partial charge is 0.240 e. The quantitative estimate of drug-likeness (QED) is 0.724. The minimum atomic E-state index is -0.0110. The predicted octanol–water partition coefficient (Wildman–Crippen LogP) is 3.48. The molecule has 2 heterocycles. The number of carbonyl (C=O) groups is 1. The number of hydrogen-bond donors (Lipinski definition) is 1. The standard InChI is InChI=1S/C19H22N4O/c1-2-3-8-16(15-7-6-11-20-12-15)22-19(24)13-23-14-21-17-9-4-5-10-18(17)23/h4-7,9-12,14,16H,2-3,8,13H2,1H3,(H,22,24)/t16-/m1/s1. The summed E-state index contributed by atoms with van der Waals surface area (Å²) in [6, 6.07) is 11.8. The van der Waals surface area contributed by atoms with Crippen LogP contribution in [0, 0.1) is 0 Å². The van der Waals surface area contributed by atoms with Gasteiger partial charge in [-0.25, -0.2) is 4.98 Å². The van der Waals surface area contributed by atoms with Crippen molar-refractivity contribution in [3.63, 3.8) is 0 Å². The number of nitrogens with one attached hydrogen (secondary N) is 1.